The van der Waals surface area contributed by atoms with Crippen LogP contribution in [-0.2, 0) is 14.8 Å². The minimum Gasteiger partial charge on any atom is -0.353 e. The second kappa shape index (κ2) is 9.78. The molecule has 30 heavy (non-hydrogen) atoms. The molecular weight excluding hydrogens is 422 g/mol. The van der Waals surface area contributed by atoms with Crippen molar-refractivity contribution in [2.24, 2.45) is 11.8 Å². The average molecular weight is 456 g/mol. The normalized spacial score (nSPS) is 20.8. The summed E-state index contributed by atoms with van der Waals surface area (Å²) in [6.07, 6.45) is 3.88. The number of hydrogen-bond donors (Lipinski definition) is 1. The fourth-order valence-electron chi connectivity index (χ4n) is 3.91. The molecule has 1 atom stereocenters. The molecule has 3 rings (SSSR count). The van der Waals surface area contributed by atoms with Crippen LogP contribution in [0.15, 0.2) is 15.7 Å². The third-order valence-electron chi connectivity index (χ3n) is 6.31. The van der Waals surface area contributed by atoms with Gasteiger partial charge in [0.1, 0.15) is 4.21 Å². The van der Waals surface area contributed by atoms with Crippen molar-refractivity contribution in [1.29, 1.82) is 0 Å². The minimum absolute atomic E-state index is 0.0151. The topological polar surface area (TPSA) is 86.8 Å². The molecule has 2 amide bonds. The molecule has 0 bridgehead atoms. The maximum absolute atomic E-state index is 13.1. The summed E-state index contributed by atoms with van der Waals surface area (Å²) in [5.41, 5.74) is 0.455. The Morgan fingerprint density at radius 3 is 2.40 bits per heavy atom. The van der Waals surface area contributed by atoms with E-state index >= 15 is 0 Å². The summed E-state index contributed by atoms with van der Waals surface area (Å²) >= 11 is 1.11. The van der Waals surface area contributed by atoms with Crippen molar-refractivity contribution in [2.45, 2.75) is 63.1 Å². The van der Waals surface area contributed by atoms with E-state index in [4.69, 9.17) is 0 Å². The van der Waals surface area contributed by atoms with Crippen molar-refractivity contribution in [3.8, 4) is 0 Å². The van der Waals surface area contributed by atoms with Gasteiger partial charge in [-0.05, 0) is 51.0 Å². The quantitative estimate of drug-likeness (QED) is 0.715. The largest absolute Gasteiger partial charge is 0.353 e. The van der Waals surface area contributed by atoms with E-state index in [0.717, 1.165) is 43.7 Å². The lowest BCUT2D eigenvalue weighted by Crippen LogP contribution is -2.44. The Labute approximate surface area is 183 Å². The van der Waals surface area contributed by atoms with Crippen LogP contribution in [0, 0.1) is 11.8 Å². The summed E-state index contributed by atoms with van der Waals surface area (Å²) in [6.45, 7) is 8.28. The SMILES string of the molecule is CC[C@@H](C)NC(=O)C1CCN(S(=O)(=O)c2cc(C(=O)N3CCC(C)CC3)cs2)CC1. The van der Waals surface area contributed by atoms with E-state index in [1.54, 1.807) is 5.38 Å². The van der Waals surface area contributed by atoms with Gasteiger partial charge in [-0.2, -0.15) is 4.31 Å². The molecule has 0 radical (unpaired) electrons. The maximum Gasteiger partial charge on any atom is 0.254 e. The van der Waals surface area contributed by atoms with E-state index in [9.17, 15) is 18.0 Å². The number of carbonyl (C=O) groups excluding carboxylic acids is 2. The number of sulfonamides is 1. The van der Waals surface area contributed by atoms with Gasteiger partial charge in [0.2, 0.25) is 5.91 Å². The molecule has 3 heterocycles. The summed E-state index contributed by atoms with van der Waals surface area (Å²) in [5.74, 6) is 0.413. The Balaban J connectivity index is 1.60. The first-order chi connectivity index (χ1) is 14.2. The van der Waals surface area contributed by atoms with Crippen LogP contribution in [0.2, 0.25) is 0 Å². The van der Waals surface area contributed by atoms with Gasteiger partial charge in [0.25, 0.3) is 15.9 Å². The van der Waals surface area contributed by atoms with E-state index in [0.29, 0.717) is 37.4 Å². The Hall–Kier alpha value is -1.45. The fraction of sp³-hybridized carbons (Fsp3) is 0.714. The molecule has 1 aromatic heterocycles. The van der Waals surface area contributed by atoms with E-state index < -0.39 is 10.0 Å². The number of hydrogen-bond acceptors (Lipinski definition) is 5. The van der Waals surface area contributed by atoms with Gasteiger partial charge in [-0.1, -0.05) is 13.8 Å². The fourth-order valence-corrected chi connectivity index (χ4v) is 6.68. The number of piperidine rings is 2. The van der Waals surface area contributed by atoms with Gasteiger partial charge in [-0.25, -0.2) is 8.42 Å². The van der Waals surface area contributed by atoms with Crippen molar-refractivity contribution in [3.63, 3.8) is 0 Å². The molecule has 0 unspecified atom stereocenters. The number of rotatable bonds is 6. The van der Waals surface area contributed by atoms with E-state index in [2.05, 4.69) is 12.2 Å². The molecule has 7 nitrogen and oxygen atoms in total. The van der Waals surface area contributed by atoms with E-state index in [1.807, 2.05) is 18.7 Å². The molecule has 0 saturated carbocycles. The summed E-state index contributed by atoms with van der Waals surface area (Å²) in [4.78, 5) is 26.9. The molecule has 9 heteroatoms. The van der Waals surface area contributed by atoms with Gasteiger partial charge in [0.05, 0.1) is 5.56 Å². The van der Waals surface area contributed by atoms with Crippen molar-refractivity contribution in [2.75, 3.05) is 26.2 Å². The van der Waals surface area contributed by atoms with Gasteiger partial charge < -0.3 is 10.2 Å². The number of likely N-dealkylation sites (tertiary alicyclic amines) is 1. The Kier molecular flexibility index (Phi) is 7.57. The lowest BCUT2D eigenvalue weighted by Gasteiger charge is -2.31. The first kappa shape index (κ1) is 23.2. The monoisotopic (exact) mass is 455 g/mol. The van der Waals surface area contributed by atoms with Crippen molar-refractivity contribution in [1.82, 2.24) is 14.5 Å². The second-order valence-corrected chi connectivity index (χ2v) is 11.7. The van der Waals surface area contributed by atoms with Crippen LogP contribution in [0.3, 0.4) is 0 Å². The summed E-state index contributed by atoms with van der Waals surface area (Å²) in [6, 6.07) is 1.65. The predicted octanol–water partition coefficient (Wildman–Crippen LogP) is 2.94. The molecule has 1 N–H and O–H groups in total. The number of carbonyl (C=O) groups is 2. The lowest BCUT2D eigenvalue weighted by atomic mass is 9.97. The van der Waals surface area contributed by atoms with Gasteiger partial charge in [-0.3, -0.25) is 9.59 Å². The summed E-state index contributed by atoms with van der Waals surface area (Å²) < 4.78 is 27.8. The van der Waals surface area contributed by atoms with Crippen LogP contribution >= 0.6 is 11.3 Å². The van der Waals surface area contributed by atoms with Crippen molar-refractivity contribution in [3.05, 3.63) is 17.0 Å². The first-order valence-electron chi connectivity index (χ1n) is 10.9. The second-order valence-electron chi connectivity index (χ2n) is 8.63. The van der Waals surface area contributed by atoms with Crippen LogP contribution in [-0.4, -0.2) is 61.7 Å². The third-order valence-corrected chi connectivity index (χ3v) is 9.63. The van der Waals surface area contributed by atoms with Crippen molar-refractivity contribution < 1.29 is 18.0 Å². The Morgan fingerprint density at radius 1 is 1.17 bits per heavy atom. The molecular formula is C21H33N3O4S2. The highest BCUT2D eigenvalue weighted by Crippen LogP contribution is 2.29. The molecule has 1 aromatic rings. The zero-order valence-corrected chi connectivity index (χ0v) is 19.7. The maximum atomic E-state index is 13.1. The lowest BCUT2D eigenvalue weighted by molar-refractivity contribution is -0.126. The van der Waals surface area contributed by atoms with E-state index in [1.165, 1.54) is 10.4 Å². The Bertz CT molecular complexity index is 851. The average Bonchev–Trinajstić information content (AvgIpc) is 3.25. The minimum atomic E-state index is -3.64. The van der Waals surface area contributed by atoms with Gasteiger partial charge >= 0.3 is 0 Å². The Morgan fingerprint density at radius 2 is 1.80 bits per heavy atom. The molecule has 0 aromatic carbocycles. The predicted molar refractivity (Wildman–Crippen MR) is 118 cm³/mol. The van der Waals surface area contributed by atoms with Crippen molar-refractivity contribution >= 4 is 33.2 Å². The van der Waals surface area contributed by atoms with Crippen LogP contribution in [0.25, 0.3) is 0 Å². The molecule has 0 spiro atoms. The van der Waals surface area contributed by atoms with Crippen LogP contribution in [0.1, 0.15) is 63.2 Å². The smallest absolute Gasteiger partial charge is 0.254 e. The summed E-state index contributed by atoms with van der Waals surface area (Å²) in [7, 11) is -3.64. The van der Waals surface area contributed by atoms with Gasteiger partial charge in [0, 0.05) is 43.5 Å². The van der Waals surface area contributed by atoms with Crippen LogP contribution in [0.5, 0.6) is 0 Å². The number of amides is 2. The van der Waals surface area contributed by atoms with E-state index in [-0.39, 0.29) is 28.0 Å². The standard InChI is InChI=1S/C21H33N3O4S2/c1-4-16(3)22-20(25)17-7-11-24(12-8-17)30(27,28)19-13-18(14-29-19)21(26)23-9-5-15(2)6-10-23/h13-17H,4-12H2,1-3H3,(H,22,25)/t16-/m1/s1. The first-order valence-corrected chi connectivity index (χ1v) is 13.2. The molecule has 168 valence electrons. The third kappa shape index (κ3) is 5.23. The molecule has 2 aliphatic rings. The van der Waals surface area contributed by atoms with Gasteiger partial charge in [-0.15, -0.1) is 11.3 Å². The van der Waals surface area contributed by atoms with Crippen LogP contribution in [0.4, 0.5) is 0 Å². The number of thiophene rings is 1. The highest BCUT2D eigenvalue weighted by Gasteiger charge is 2.34. The number of nitrogens with zero attached hydrogens (tertiary/aromatic N) is 2. The number of nitrogens with one attached hydrogen (secondary N) is 1. The zero-order chi connectivity index (χ0) is 21.9. The molecule has 0 aliphatic carbocycles. The highest BCUT2D eigenvalue weighted by molar-refractivity contribution is 7.91. The molecule has 2 aliphatic heterocycles. The molecule has 2 fully saturated rings. The highest BCUT2D eigenvalue weighted by atomic mass is 32.2. The molecule has 2 saturated heterocycles. The summed E-state index contributed by atoms with van der Waals surface area (Å²) in [5, 5.41) is 4.64. The van der Waals surface area contributed by atoms with Crippen LogP contribution < -0.4 is 5.32 Å². The van der Waals surface area contributed by atoms with Gasteiger partial charge in [0.15, 0.2) is 0 Å². The zero-order valence-electron chi connectivity index (χ0n) is 18.1.